The van der Waals surface area contributed by atoms with Crippen molar-refractivity contribution in [2.45, 2.75) is 12.8 Å². The summed E-state index contributed by atoms with van der Waals surface area (Å²) in [6, 6.07) is 8.62. The summed E-state index contributed by atoms with van der Waals surface area (Å²) in [5.41, 5.74) is 2.01. The first kappa shape index (κ1) is 22.2. The highest BCUT2D eigenvalue weighted by Gasteiger charge is 2.06. The Morgan fingerprint density at radius 1 is 1.21 bits per heavy atom. The van der Waals surface area contributed by atoms with E-state index < -0.39 is 0 Å². The molecule has 0 aliphatic carbocycles. The number of furan rings is 1. The lowest BCUT2D eigenvalue weighted by Gasteiger charge is -2.12. The van der Waals surface area contributed by atoms with Gasteiger partial charge in [-0.3, -0.25) is 4.99 Å². The second-order valence-electron chi connectivity index (χ2n) is 6.16. The van der Waals surface area contributed by atoms with E-state index in [4.69, 9.17) is 9.15 Å². The van der Waals surface area contributed by atoms with Crippen molar-refractivity contribution in [1.82, 2.24) is 15.6 Å². The average molecular weight is 500 g/mol. The van der Waals surface area contributed by atoms with Crippen LogP contribution < -0.4 is 10.6 Å². The first-order valence-corrected chi connectivity index (χ1v) is 9.05. The molecule has 3 aromatic rings. The lowest BCUT2D eigenvalue weighted by Crippen LogP contribution is -2.39. The van der Waals surface area contributed by atoms with Crippen LogP contribution in [0.5, 0.6) is 0 Å². The molecule has 0 saturated carbocycles. The SMILES string of the molecule is COCCN=C(NCCc1ccco1)NCCc1c[nH]c2ccc(F)cc12.I. The Bertz CT molecular complexity index is 864. The fraction of sp³-hybridized carbons (Fsp3) is 0.350. The van der Waals surface area contributed by atoms with E-state index in [1.54, 1.807) is 25.5 Å². The molecule has 0 atom stereocenters. The Balaban J connectivity index is 0.00000280. The molecule has 0 bridgehead atoms. The van der Waals surface area contributed by atoms with Gasteiger partial charge in [0.1, 0.15) is 11.6 Å². The number of fused-ring (bicyclic) bond motifs is 1. The third-order valence-corrected chi connectivity index (χ3v) is 4.23. The Morgan fingerprint density at radius 3 is 2.79 bits per heavy atom. The highest BCUT2D eigenvalue weighted by molar-refractivity contribution is 14.0. The highest BCUT2D eigenvalue weighted by Crippen LogP contribution is 2.19. The maximum Gasteiger partial charge on any atom is 0.191 e. The number of H-pyrrole nitrogens is 1. The molecule has 0 fully saturated rings. The summed E-state index contributed by atoms with van der Waals surface area (Å²) in [7, 11) is 1.66. The molecule has 6 nitrogen and oxygen atoms in total. The van der Waals surface area contributed by atoms with E-state index in [-0.39, 0.29) is 29.8 Å². The Labute approximate surface area is 181 Å². The molecule has 152 valence electrons. The fourth-order valence-corrected chi connectivity index (χ4v) is 2.86. The molecule has 0 saturated heterocycles. The first-order chi connectivity index (χ1) is 13.3. The standard InChI is InChI=1S/C20H25FN4O2.HI/c1-26-12-10-24-20(23-9-7-17-3-2-11-27-17)22-8-6-15-14-25-19-5-4-16(21)13-18(15)19;/h2-5,11,13-14,25H,6-10,12H2,1H3,(H2,22,23,24);1H. The Hall–Kier alpha value is -2.07. The van der Waals surface area contributed by atoms with Gasteiger partial charge >= 0.3 is 0 Å². The molecular formula is C20H26FIN4O2. The number of aromatic amines is 1. The van der Waals surface area contributed by atoms with E-state index in [9.17, 15) is 4.39 Å². The van der Waals surface area contributed by atoms with Gasteiger partial charge in [0, 0.05) is 43.7 Å². The number of guanidine groups is 1. The zero-order chi connectivity index (χ0) is 18.9. The van der Waals surface area contributed by atoms with Crippen LogP contribution in [0, 0.1) is 5.82 Å². The topological polar surface area (TPSA) is 74.6 Å². The van der Waals surface area contributed by atoms with E-state index >= 15 is 0 Å². The largest absolute Gasteiger partial charge is 0.469 e. The van der Waals surface area contributed by atoms with Crippen molar-refractivity contribution >= 4 is 40.8 Å². The van der Waals surface area contributed by atoms with Crippen LogP contribution in [0.2, 0.25) is 0 Å². The van der Waals surface area contributed by atoms with Crippen LogP contribution in [0.3, 0.4) is 0 Å². The summed E-state index contributed by atoms with van der Waals surface area (Å²) in [6.45, 7) is 2.53. The molecule has 3 rings (SSSR count). The molecule has 0 radical (unpaired) electrons. The molecule has 8 heteroatoms. The monoisotopic (exact) mass is 500 g/mol. The van der Waals surface area contributed by atoms with Gasteiger partial charge in [-0.1, -0.05) is 0 Å². The molecule has 1 aromatic carbocycles. The average Bonchev–Trinajstić information content (AvgIpc) is 3.31. The van der Waals surface area contributed by atoms with Crippen LogP contribution in [-0.4, -0.2) is 44.3 Å². The van der Waals surface area contributed by atoms with E-state index in [1.165, 1.54) is 6.07 Å². The number of methoxy groups -OCH3 is 1. The third-order valence-electron chi connectivity index (χ3n) is 4.23. The molecule has 28 heavy (non-hydrogen) atoms. The Kier molecular flexibility index (Phi) is 9.29. The molecule has 0 aliphatic rings. The van der Waals surface area contributed by atoms with Gasteiger partial charge in [0.15, 0.2) is 5.96 Å². The lowest BCUT2D eigenvalue weighted by atomic mass is 10.1. The number of nitrogens with zero attached hydrogens (tertiary/aromatic N) is 1. The number of rotatable bonds is 9. The zero-order valence-corrected chi connectivity index (χ0v) is 18.2. The second-order valence-corrected chi connectivity index (χ2v) is 6.16. The number of hydrogen-bond acceptors (Lipinski definition) is 3. The first-order valence-electron chi connectivity index (χ1n) is 9.05. The van der Waals surface area contributed by atoms with E-state index in [1.807, 2.05) is 18.3 Å². The van der Waals surface area contributed by atoms with Crippen molar-refractivity contribution < 1.29 is 13.5 Å². The summed E-state index contributed by atoms with van der Waals surface area (Å²) >= 11 is 0. The maximum atomic E-state index is 13.5. The van der Waals surface area contributed by atoms with Crippen molar-refractivity contribution in [3.63, 3.8) is 0 Å². The smallest absolute Gasteiger partial charge is 0.191 e. The van der Waals surface area contributed by atoms with Crippen molar-refractivity contribution in [2.75, 3.05) is 33.4 Å². The predicted molar refractivity (Wildman–Crippen MR) is 120 cm³/mol. The summed E-state index contributed by atoms with van der Waals surface area (Å²) in [5.74, 6) is 1.43. The lowest BCUT2D eigenvalue weighted by molar-refractivity contribution is 0.208. The van der Waals surface area contributed by atoms with Crippen LogP contribution in [0.25, 0.3) is 10.9 Å². The number of halogens is 2. The minimum Gasteiger partial charge on any atom is -0.469 e. The number of nitrogens with one attached hydrogen (secondary N) is 3. The van der Waals surface area contributed by atoms with Gasteiger partial charge in [0.25, 0.3) is 0 Å². The molecular weight excluding hydrogens is 474 g/mol. The van der Waals surface area contributed by atoms with Gasteiger partial charge in [-0.25, -0.2) is 4.39 Å². The van der Waals surface area contributed by atoms with E-state index in [0.29, 0.717) is 26.2 Å². The normalized spacial score (nSPS) is 11.4. The molecule has 2 heterocycles. The summed E-state index contributed by atoms with van der Waals surface area (Å²) in [6.07, 6.45) is 5.13. The van der Waals surface area contributed by atoms with Crippen molar-refractivity contribution in [3.8, 4) is 0 Å². The Morgan fingerprint density at radius 2 is 2.04 bits per heavy atom. The molecule has 0 unspecified atom stereocenters. The van der Waals surface area contributed by atoms with Crippen molar-refractivity contribution in [1.29, 1.82) is 0 Å². The third kappa shape index (κ3) is 6.52. The van der Waals surface area contributed by atoms with Crippen LogP contribution in [0.1, 0.15) is 11.3 Å². The summed E-state index contributed by atoms with van der Waals surface area (Å²) in [4.78, 5) is 7.68. The predicted octanol–water partition coefficient (Wildman–Crippen LogP) is 3.48. The number of aromatic nitrogens is 1. The van der Waals surface area contributed by atoms with Gasteiger partial charge < -0.3 is 24.8 Å². The summed E-state index contributed by atoms with van der Waals surface area (Å²) < 4.78 is 23.9. The van der Waals surface area contributed by atoms with E-state index in [2.05, 4.69) is 20.6 Å². The number of aliphatic imine (C=N–C) groups is 1. The molecule has 0 aliphatic heterocycles. The maximum absolute atomic E-state index is 13.5. The van der Waals surface area contributed by atoms with Gasteiger partial charge in [0.2, 0.25) is 0 Å². The second kappa shape index (κ2) is 11.7. The van der Waals surface area contributed by atoms with Crippen LogP contribution in [-0.2, 0) is 17.6 Å². The van der Waals surface area contributed by atoms with Crippen molar-refractivity contribution in [3.05, 3.63) is 59.9 Å². The number of ether oxygens (including phenoxy) is 1. The van der Waals surface area contributed by atoms with Crippen molar-refractivity contribution in [2.24, 2.45) is 4.99 Å². The zero-order valence-electron chi connectivity index (χ0n) is 15.8. The summed E-state index contributed by atoms with van der Waals surface area (Å²) in [5, 5.41) is 7.54. The highest BCUT2D eigenvalue weighted by atomic mass is 127. The minimum atomic E-state index is -0.224. The quantitative estimate of drug-likeness (QED) is 0.182. The van der Waals surface area contributed by atoms with Gasteiger partial charge in [-0.15, -0.1) is 24.0 Å². The van der Waals surface area contributed by atoms with Crippen LogP contribution >= 0.6 is 24.0 Å². The molecule has 0 spiro atoms. The minimum absolute atomic E-state index is 0. The molecule has 2 aromatic heterocycles. The van der Waals surface area contributed by atoms with E-state index in [0.717, 1.165) is 41.0 Å². The number of hydrogen-bond donors (Lipinski definition) is 3. The fourth-order valence-electron chi connectivity index (χ4n) is 2.86. The van der Waals surface area contributed by atoms with Crippen LogP contribution in [0.15, 0.2) is 52.2 Å². The molecule has 3 N–H and O–H groups in total. The van der Waals surface area contributed by atoms with Gasteiger partial charge in [-0.05, 0) is 42.3 Å². The van der Waals surface area contributed by atoms with Gasteiger partial charge in [-0.2, -0.15) is 0 Å². The van der Waals surface area contributed by atoms with Crippen LogP contribution in [0.4, 0.5) is 4.39 Å². The number of benzene rings is 1. The van der Waals surface area contributed by atoms with Gasteiger partial charge in [0.05, 0.1) is 19.4 Å². The molecule has 0 amide bonds.